The van der Waals surface area contributed by atoms with E-state index in [0.717, 1.165) is 23.0 Å². The Morgan fingerprint density at radius 1 is 1.12 bits per heavy atom. The van der Waals surface area contributed by atoms with E-state index >= 15 is 0 Å². The molecule has 0 saturated carbocycles. The van der Waals surface area contributed by atoms with Crippen molar-refractivity contribution in [2.24, 2.45) is 0 Å². The van der Waals surface area contributed by atoms with E-state index in [4.69, 9.17) is 4.74 Å². The van der Waals surface area contributed by atoms with Crippen molar-refractivity contribution in [2.75, 3.05) is 11.9 Å². The zero-order valence-corrected chi connectivity index (χ0v) is 18.4. The molecule has 1 N–H and O–H groups in total. The Morgan fingerprint density at radius 2 is 1.91 bits per heavy atom. The lowest BCUT2D eigenvalue weighted by molar-refractivity contribution is -0.143. The van der Waals surface area contributed by atoms with E-state index in [1.807, 2.05) is 6.07 Å². The summed E-state index contributed by atoms with van der Waals surface area (Å²) in [5.74, 6) is -0.785. The van der Waals surface area contributed by atoms with Gasteiger partial charge in [-0.1, -0.05) is 6.07 Å². The molecule has 0 saturated heterocycles. The highest BCUT2D eigenvalue weighted by atomic mass is 19.4. The molecule has 0 aliphatic heterocycles. The van der Waals surface area contributed by atoms with Crippen molar-refractivity contribution in [3.63, 3.8) is 0 Å². The molecule has 7 nitrogen and oxygen atoms in total. The molecule has 176 valence electrons. The van der Waals surface area contributed by atoms with Gasteiger partial charge in [0.05, 0.1) is 35.3 Å². The van der Waals surface area contributed by atoms with Crippen molar-refractivity contribution in [1.29, 1.82) is 0 Å². The highest BCUT2D eigenvalue weighted by Gasteiger charge is 2.30. The molecule has 0 spiro atoms. The molecule has 2 aromatic heterocycles. The molecule has 1 amide bonds. The number of aromatic nitrogens is 3. The van der Waals surface area contributed by atoms with Gasteiger partial charge in [0.25, 0.3) is 5.91 Å². The third-order valence-electron chi connectivity index (χ3n) is 5.31. The Bertz CT molecular complexity index is 1370. The van der Waals surface area contributed by atoms with Gasteiger partial charge in [-0.15, -0.1) is 0 Å². The van der Waals surface area contributed by atoms with Gasteiger partial charge in [0, 0.05) is 22.8 Å². The molecule has 2 aromatic carbocycles. The monoisotopic (exact) mass is 470 g/mol. The minimum absolute atomic E-state index is 0.0803. The van der Waals surface area contributed by atoms with Gasteiger partial charge >= 0.3 is 12.1 Å². The van der Waals surface area contributed by atoms with Crippen molar-refractivity contribution < 1.29 is 27.5 Å². The Labute approximate surface area is 192 Å². The minimum atomic E-state index is -4.48. The Hall–Kier alpha value is -4.08. The fraction of sp³-hybridized carbons (Fsp3) is 0.208. The average molecular weight is 470 g/mol. The second-order valence-electron chi connectivity index (χ2n) is 7.58. The smallest absolute Gasteiger partial charge is 0.416 e. The van der Waals surface area contributed by atoms with Crippen molar-refractivity contribution in [3.8, 4) is 5.69 Å². The molecule has 0 radical (unpaired) electrons. The predicted octanol–water partition coefficient (Wildman–Crippen LogP) is 4.97. The highest BCUT2D eigenvalue weighted by Crippen LogP contribution is 2.30. The SMILES string of the molecule is CCOC(=O)Cn1ccc2cc(NC(=O)c3cnn(-c4cccc(C(F)(F)F)c4)c3C)ccc21. The molecule has 2 heterocycles. The van der Waals surface area contributed by atoms with E-state index in [1.54, 1.807) is 42.8 Å². The zero-order chi connectivity index (χ0) is 24.5. The van der Waals surface area contributed by atoms with Crippen molar-refractivity contribution in [1.82, 2.24) is 14.3 Å². The van der Waals surface area contributed by atoms with Crippen LogP contribution in [0.1, 0.15) is 28.5 Å². The van der Waals surface area contributed by atoms with Gasteiger partial charge in [-0.05, 0) is 56.3 Å². The Morgan fingerprint density at radius 3 is 2.65 bits per heavy atom. The van der Waals surface area contributed by atoms with Crippen LogP contribution in [0, 0.1) is 6.92 Å². The summed E-state index contributed by atoms with van der Waals surface area (Å²) in [5.41, 5.74) is 1.37. The second kappa shape index (κ2) is 9.05. The van der Waals surface area contributed by atoms with Crippen LogP contribution >= 0.6 is 0 Å². The average Bonchev–Trinajstić information content (AvgIpc) is 3.36. The maximum Gasteiger partial charge on any atom is 0.416 e. The summed E-state index contributed by atoms with van der Waals surface area (Å²) in [6.45, 7) is 3.74. The van der Waals surface area contributed by atoms with Gasteiger partial charge in [0.1, 0.15) is 6.54 Å². The van der Waals surface area contributed by atoms with E-state index < -0.39 is 17.6 Å². The fourth-order valence-electron chi connectivity index (χ4n) is 3.67. The Kier molecular flexibility index (Phi) is 6.14. The summed E-state index contributed by atoms with van der Waals surface area (Å²) in [5, 5.41) is 7.72. The number of ether oxygens (including phenoxy) is 1. The van der Waals surface area contributed by atoms with Crippen LogP contribution in [0.15, 0.2) is 60.9 Å². The predicted molar refractivity (Wildman–Crippen MR) is 120 cm³/mol. The number of nitrogens with zero attached hydrogens (tertiary/aromatic N) is 3. The molecular formula is C24H21F3N4O3. The lowest BCUT2D eigenvalue weighted by Gasteiger charge is -2.10. The van der Waals surface area contributed by atoms with Gasteiger partial charge in [-0.25, -0.2) is 4.68 Å². The molecule has 0 atom stereocenters. The summed E-state index contributed by atoms with van der Waals surface area (Å²) in [6.07, 6.45) is -1.40. The lowest BCUT2D eigenvalue weighted by Crippen LogP contribution is -2.14. The number of esters is 1. The number of carbonyl (C=O) groups excluding carboxylic acids is 2. The van der Waals surface area contributed by atoms with Crippen LogP contribution in [0.4, 0.5) is 18.9 Å². The van der Waals surface area contributed by atoms with E-state index in [0.29, 0.717) is 18.0 Å². The second-order valence-corrected chi connectivity index (χ2v) is 7.58. The fourth-order valence-corrected chi connectivity index (χ4v) is 3.67. The molecule has 4 rings (SSSR count). The number of hydrogen-bond acceptors (Lipinski definition) is 4. The normalized spacial score (nSPS) is 11.6. The summed E-state index contributed by atoms with van der Waals surface area (Å²) < 4.78 is 47.2. The van der Waals surface area contributed by atoms with Gasteiger partial charge in [-0.3, -0.25) is 9.59 Å². The number of halogens is 3. The molecule has 10 heteroatoms. The largest absolute Gasteiger partial charge is 0.465 e. The van der Waals surface area contributed by atoms with Gasteiger partial charge in [0.15, 0.2) is 0 Å². The molecule has 0 unspecified atom stereocenters. The third kappa shape index (κ3) is 4.66. The van der Waals surface area contributed by atoms with E-state index in [1.165, 1.54) is 23.0 Å². The first-order chi connectivity index (χ1) is 16.2. The van der Waals surface area contributed by atoms with Crippen LogP contribution < -0.4 is 5.32 Å². The number of alkyl halides is 3. The number of anilines is 1. The number of rotatable bonds is 6. The van der Waals surface area contributed by atoms with Crippen LogP contribution in [-0.4, -0.2) is 32.8 Å². The molecule has 0 aliphatic carbocycles. The number of carbonyl (C=O) groups is 2. The number of nitrogens with one attached hydrogen (secondary N) is 1. The zero-order valence-electron chi connectivity index (χ0n) is 18.4. The number of benzene rings is 2. The summed E-state index contributed by atoms with van der Waals surface area (Å²) in [6, 6.07) is 11.8. The first-order valence-electron chi connectivity index (χ1n) is 10.5. The van der Waals surface area contributed by atoms with Crippen LogP contribution in [0.2, 0.25) is 0 Å². The van der Waals surface area contributed by atoms with E-state index in [9.17, 15) is 22.8 Å². The highest BCUT2D eigenvalue weighted by molar-refractivity contribution is 6.05. The molecular weight excluding hydrogens is 449 g/mol. The maximum atomic E-state index is 13.1. The summed E-state index contributed by atoms with van der Waals surface area (Å²) >= 11 is 0. The third-order valence-corrected chi connectivity index (χ3v) is 5.31. The molecule has 0 aliphatic rings. The standard InChI is InChI=1S/C24H21F3N4O3/c1-3-34-22(32)14-30-10-9-16-11-18(7-8-21(16)30)29-23(33)20-13-28-31(15(20)2)19-6-4-5-17(12-19)24(25,26)27/h4-13H,3,14H2,1-2H3,(H,29,33). The topological polar surface area (TPSA) is 78.2 Å². The van der Waals surface area contributed by atoms with Crippen molar-refractivity contribution in [2.45, 2.75) is 26.6 Å². The van der Waals surface area contributed by atoms with E-state index in [-0.39, 0.29) is 23.8 Å². The van der Waals surface area contributed by atoms with E-state index in [2.05, 4.69) is 10.4 Å². The molecule has 34 heavy (non-hydrogen) atoms. The van der Waals surface area contributed by atoms with Crippen LogP contribution in [0.5, 0.6) is 0 Å². The minimum Gasteiger partial charge on any atom is -0.465 e. The van der Waals surface area contributed by atoms with Crippen molar-refractivity contribution in [3.05, 3.63) is 77.7 Å². The molecule has 0 bridgehead atoms. The maximum absolute atomic E-state index is 13.1. The van der Waals surface area contributed by atoms with Gasteiger partial charge in [0.2, 0.25) is 0 Å². The Balaban J connectivity index is 1.54. The number of fused-ring (bicyclic) bond motifs is 1. The van der Waals surface area contributed by atoms with Crippen LogP contribution in [-0.2, 0) is 22.3 Å². The first-order valence-corrected chi connectivity index (χ1v) is 10.5. The summed E-state index contributed by atoms with van der Waals surface area (Å²) in [4.78, 5) is 24.6. The molecule has 4 aromatic rings. The van der Waals surface area contributed by atoms with Crippen LogP contribution in [0.25, 0.3) is 16.6 Å². The van der Waals surface area contributed by atoms with Crippen LogP contribution in [0.3, 0.4) is 0 Å². The van der Waals surface area contributed by atoms with Gasteiger partial charge < -0.3 is 14.6 Å². The van der Waals surface area contributed by atoms with Gasteiger partial charge in [-0.2, -0.15) is 18.3 Å². The number of amides is 1. The first kappa shape index (κ1) is 23.1. The number of hydrogen-bond donors (Lipinski definition) is 1. The molecule has 0 fully saturated rings. The lowest BCUT2D eigenvalue weighted by atomic mass is 10.2. The van der Waals surface area contributed by atoms with Crippen molar-refractivity contribution >= 4 is 28.5 Å². The summed E-state index contributed by atoms with van der Waals surface area (Å²) in [7, 11) is 0. The quantitative estimate of drug-likeness (QED) is 0.404.